The lowest BCUT2D eigenvalue weighted by Crippen LogP contribution is -2.28. The zero-order chi connectivity index (χ0) is 24.1. The van der Waals surface area contributed by atoms with Crippen LogP contribution in [-0.4, -0.2) is 29.2 Å². The molecule has 1 aliphatic rings. The lowest BCUT2D eigenvalue weighted by Gasteiger charge is -2.17. The first-order valence-electron chi connectivity index (χ1n) is 11.5. The zero-order valence-corrected chi connectivity index (χ0v) is 19.5. The fraction of sp³-hybridized carbons (Fsp3) is 0.250. The van der Waals surface area contributed by atoms with Crippen molar-refractivity contribution in [3.8, 4) is 0 Å². The van der Waals surface area contributed by atoms with E-state index in [0.29, 0.717) is 30.9 Å². The van der Waals surface area contributed by atoms with Gasteiger partial charge in [0.25, 0.3) is 5.91 Å². The Labute approximate surface area is 200 Å². The highest BCUT2D eigenvalue weighted by Gasteiger charge is 2.34. The summed E-state index contributed by atoms with van der Waals surface area (Å²) in [5.74, 6) is -0.865. The molecule has 0 saturated carbocycles. The van der Waals surface area contributed by atoms with Crippen LogP contribution in [0.15, 0.2) is 72.8 Å². The highest BCUT2D eigenvalue weighted by Crippen LogP contribution is 2.22. The summed E-state index contributed by atoms with van der Waals surface area (Å²) < 4.78 is 0. The van der Waals surface area contributed by atoms with Gasteiger partial charge in [-0.3, -0.25) is 14.4 Å². The third kappa shape index (κ3) is 5.90. The number of carbonyl (C=O) groups is 3. The minimum Gasteiger partial charge on any atom is -0.348 e. The number of hydrogen-bond acceptors (Lipinski definition) is 3. The van der Waals surface area contributed by atoms with Crippen LogP contribution < -0.4 is 10.6 Å². The van der Waals surface area contributed by atoms with E-state index in [1.807, 2.05) is 62.4 Å². The maximum atomic E-state index is 12.8. The molecule has 1 fully saturated rings. The first kappa shape index (κ1) is 23.2. The molecule has 0 bridgehead atoms. The minimum atomic E-state index is -0.419. The van der Waals surface area contributed by atoms with E-state index >= 15 is 0 Å². The zero-order valence-electron chi connectivity index (χ0n) is 19.5. The lowest BCUT2D eigenvalue weighted by atomic mass is 10.1. The molecule has 2 N–H and O–H groups in total. The second kappa shape index (κ2) is 10.3. The topological polar surface area (TPSA) is 78.5 Å². The van der Waals surface area contributed by atoms with E-state index in [4.69, 9.17) is 0 Å². The predicted molar refractivity (Wildman–Crippen MR) is 132 cm³/mol. The van der Waals surface area contributed by atoms with E-state index in [2.05, 4.69) is 10.6 Å². The van der Waals surface area contributed by atoms with Gasteiger partial charge in [0, 0.05) is 37.3 Å². The summed E-state index contributed by atoms with van der Waals surface area (Å²) in [6.07, 6.45) is 0.189. The van der Waals surface area contributed by atoms with Crippen molar-refractivity contribution in [2.24, 2.45) is 5.92 Å². The summed E-state index contributed by atoms with van der Waals surface area (Å²) >= 11 is 0. The number of nitrogens with zero attached hydrogens (tertiary/aromatic N) is 1. The highest BCUT2D eigenvalue weighted by atomic mass is 16.2. The Bertz CT molecular complexity index is 1190. The summed E-state index contributed by atoms with van der Waals surface area (Å²) in [6.45, 7) is 5.35. The molecule has 0 spiro atoms. The molecule has 1 aliphatic heterocycles. The lowest BCUT2D eigenvalue weighted by molar-refractivity contribution is -0.128. The van der Waals surface area contributed by atoms with Crippen LogP contribution in [-0.2, 0) is 22.7 Å². The monoisotopic (exact) mass is 455 g/mol. The Hall–Kier alpha value is -3.93. The number of anilines is 1. The molecule has 0 radical (unpaired) electrons. The molecule has 6 heteroatoms. The Kier molecular flexibility index (Phi) is 7.07. The molecular formula is C28H29N3O3. The Balaban J connectivity index is 1.32. The second-order valence-corrected chi connectivity index (χ2v) is 8.90. The quantitative estimate of drug-likeness (QED) is 0.560. The van der Waals surface area contributed by atoms with E-state index in [9.17, 15) is 14.4 Å². The number of rotatable bonds is 7. The van der Waals surface area contributed by atoms with Gasteiger partial charge in [0.1, 0.15) is 0 Å². The van der Waals surface area contributed by atoms with E-state index in [0.717, 1.165) is 11.1 Å². The van der Waals surface area contributed by atoms with Crippen molar-refractivity contribution >= 4 is 23.4 Å². The fourth-order valence-corrected chi connectivity index (χ4v) is 3.99. The smallest absolute Gasteiger partial charge is 0.251 e. The molecule has 1 unspecified atom stereocenters. The van der Waals surface area contributed by atoms with Gasteiger partial charge in [0.2, 0.25) is 11.8 Å². The largest absolute Gasteiger partial charge is 0.348 e. The van der Waals surface area contributed by atoms with E-state index in [-0.39, 0.29) is 24.1 Å². The number of aryl methyl sites for hydroxylation is 2. The molecule has 0 aliphatic carbocycles. The third-order valence-corrected chi connectivity index (χ3v) is 6.05. The van der Waals surface area contributed by atoms with Gasteiger partial charge in [-0.1, -0.05) is 65.7 Å². The summed E-state index contributed by atoms with van der Waals surface area (Å²) in [7, 11) is 0. The number of likely N-dealkylation sites (tertiary alicyclic amines) is 1. The molecular weight excluding hydrogens is 426 g/mol. The molecule has 174 valence electrons. The van der Waals surface area contributed by atoms with Gasteiger partial charge in [0.05, 0.1) is 5.92 Å². The molecule has 1 saturated heterocycles. The summed E-state index contributed by atoms with van der Waals surface area (Å²) in [5.41, 5.74) is 5.40. The predicted octanol–water partition coefficient (Wildman–Crippen LogP) is 4.22. The second-order valence-electron chi connectivity index (χ2n) is 8.90. The van der Waals surface area contributed by atoms with E-state index in [1.165, 1.54) is 11.1 Å². The highest BCUT2D eigenvalue weighted by molar-refractivity contribution is 5.99. The molecule has 34 heavy (non-hydrogen) atoms. The average Bonchev–Trinajstić information content (AvgIpc) is 3.20. The number of nitrogens with one attached hydrogen (secondary N) is 2. The number of carbonyl (C=O) groups excluding carboxylic acids is 3. The summed E-state index contributed by atoms with van der Waals surface area (Å²) in [6, 6.07) is 22.9. The Morgan fingerprint density at radius 2 is 1.56 bits per heavy atom. The van der Waals surface area contributed by atoms with Crippen molar-refractivity contribution in [3.63, 3.8) is 0 Å². The van der Waals surface area contributed by atoms with Gasteiger partial charge in [-0.15, -0.1) is 0 Å². The summed E-state index contributed by atoms with van der Waals surface area (Å²) in [5, 5.41) is 5.78. The van der Waals surface area contributed by atoms with Crippen molar-refractivity contribution in [2.75, 3.05) is 11.9 Å². The SMILES string of the molecule is Cc1ccc(CNC(=O)c2cccc(NC(=O)C3CC(=O)N(Cc4ccc(C)cc4)C3)c2)cc1. The van der Waals surface area contributed by atoms with Gasteiger partial charge in [-0.05, 0) is 43.2 Å². The number of benzene rings is 3. The van der Waals surface area contributed by atoms with Gasteiger partial charge < -0.3 is 15.5 Å². The average molecular weight is 456 g/mol. The fourth-order valence-electron chi connectivity index (χ4n) is 3.99. The van der Waals surface area contributed by atoms with Crippen LogP contribution in [0.1, 0.15) is 39.0 Å². The first-order chi connectivity index (χ1) is 16.4. The van der Waals surface area contributed by atoms with Crippen LogP contribution in [0.2, 0.25) is 0 Å². The standard InChI is InChI=1S/C28H29N3O3/c1-19-6-10-21(11-7-19)16-29-27(33)23-4-3-5-25(14-23)30-28(34)24-15-26(32)31(18-24)17-22-12-8-20(2)9-13-22/h3-14,24H,15-18H2,1-2H3,(H,29,33)(H,30,34). The maximum absolute atomic E-state index is 12.8. The van der Waals surface area contributed by atoms with Crippen molar-refractivity contribution < 1.29 is 14.4 Å². The van der Waals surface area contributed by atoms with Crippen LogP contribution in [0.25, 0.3) is 0 Å². The van der Waals surface area contributed by atoms with Gasteiger partial charge in [-0.2, -0.15) is 0 Å². The van der Waals surface area contributed by atoms with Crippen molar-refractivity contribution in [2.45, 2.75) is 33.4 Å². The molecule has 4 rings (SSSR count). The van der Waals surface area contributed by atoms with E-state index < -0.39 is 5.92 Å². The molecule has 1 heterocycles. The Morgan fingerprint density at radius 3 is 2.24 bits per heavy atom. The molecule has 0 aromatic heterocycles. The van der Waals surface area contributed by atoms with Crippen LogP contribution >= 0.6 is 0 Å². The van der Waals surface area contributed by atoms with Gasteiger partial charge in [0.15, 0.2) is 0 Å². The molecule has 6 nitrogen and oxygen atoms in total. The van der Waals surface area contributed by atoms with Crippen LogP contribution in [0.3, 0.4) is 0 Å². The van der Waals surface area contributed by atoms with E-state index in [1.54, 1.807) is 29.2 Å². The minimum absolute atomic E-state index is 0.0232. The molecule has 3 aromatic rings. The van der Waals surface area contributed by atoms with Gasteiger partial charge in [-0.25, -0.2) is 0 Å². The Morgan fingerprint density at radius 1 is 0.912 bits per heavy atom. The summed E-state index contributed by atoms with van der Waals surface area (Å²) in [4.78, 5) is 39.6. The van der Waals surface area contributed by atoms with Crippen molar-refractivity contribution in [1.29, 1.82) is 0 Å². The van der Waals surface area contributed by atoms with Crippen LogP contribution in [0, 0.1) is 19.8 Å². The normalized spacial score (nSPS) is 15.3. The third-order valence-electron chi connectivity index (χ3n) is 6.05. The van der Waals surface area contributed by atoms with Crippen LogP contribution in [0.5, 0.6) is 0 Å². The van der Waals surface area contributed by atoms with Crippen molar-refractivity contribution in [3.05, 3.63) is 101 Å². The molecule has 1 atom stereocenters. The first-order valence-corrected chi connectivity index (χ1v) is 11.5. The number of amides is 3. The molecule has 3 aromatic carbocycles. The number of hydrogen-bond donors (Lipinski definition) is 2. The van der Waals surface area contributed by atoms with Crippen LogP contribution in [0.4, 0.5) is 5.69 Å². The maximum Gasteiger partial charge on any atom is 0.251 e. The van der Waals surface area contributed by atoms with Gasteiger partial charge >= 0.3 is 0 Å². The van der Waals surface area contributed by atoms with Crippen molar-refractivity contribution in [1.82, 2.24) is 10.2 Å². The molecule has 3 amide bonds.